The summed E-state index contributed by atoms with van der Waals surface area (Å²) in [7, 11) is 0. The van der Waals surface area contributed by atoms with Crippen molar-refractivity contribution >= 4 is 17.3 Å². The van der Waals surface area contributed by atoms with Crippen LogP contribution in [0.1, 0.15) is 29.2 Å². The van der Waals surface area contributed by atoms with Crippen molar-refractivity contribution in [1.29, 1.82) is 0 Å². The highest BCUT2D eigenvalue weighted by Crippen LogP contribution is 2.16. The monoisotopic (exact) mass is 382 g/mol. The molecule has 1 unspecified atom stereocenters. The summed E-state index contributed by atoms with van der Waals surface area (Å²) in [6.07, 6.45) is 6.41. The Balaban J connectivity index is 1.64. The molecule has 0 saturated heterocycles. The number of nitrogens with one attached hydrogen (secondary N) is 2. The van der Waals surface area contributed by atoms with Crippen molar-refractivity contribution in [2.75, 3.05) is 6.54 Å². The third-order valence-corrected chi connectivity index (χ3v) is 5.02. The maximum absolute atomic E-state index is 4.73. The summed E-state index contributed by atoms with van der Waals surface area (Å²) >= 11 is 1.85. The van der Waals surface area contributed by atoms with E-state index in [4.69, 9.17) is 4.99 Å². The van der Waals surface area contributed by atoms with E-state index >= 15 is 0 Å². The van der Waals surface area contributed by atoms with Crippen LogP contribution in [0.15, 0.2) is 53.9 Å². The van der Waals surface area contributed by atoms with E-state index < -0.39 is 0 Å². The molecule has 3 aromatic rings. The van der Waals surface area contributed by atoms with Crippen molar-refractivity contribution in [2.24, 2.45) is 4.99 Å². The number of pyridine rings is 1. The average molecular weight is 383 g/mol. The quantitative estimate of drug-likeness (QED) is 0.486. The number of aromatic nitrogens is 3. The van der Waals surface area contributed by atoms with Gasteiger partial charge in [-0.25, -0.2) is 14.7 Å². The topological polar surface area (TPSA) is 67.1 Å². The molecule has 3 rings (SSSR count). The summed E-state index contributed by atoms with van der Waals surface area (Å²) in [4.78, 5) is 11.8. The lowest BCUT2D eigenvalue weighted by Crippen LogP contribution is -2.43. The maximum Gasteiger partial charge on any atom is 0.191 e. The minimum Gasteiger partial charge on any atom is -0.357 e. The first-order chi connectivity index (χ1) is 13.1. The standard InChI is InChI=1S/C20H26N6S/c1-4-21-20(25-15(2)12-18-7-6-16(3)27-18)23-14-17-8-10-22-19(13-17)26-11-5-9-24-26/h5-11,13,15H,4,12,14H2,1-3H3,(H2,21,23,25). The molecule has 6 nitrogen and oxygen atoms in total. The number of hydrogen-bond donors (Lipinski definition) is 2. The zero-order valence-corrected chi connectivity index (χ0v) is 16.8. The Kier molecular flexibility index (Phi) is 6.59. The van der Waals surface area contributed by atoms with Gasteiger partial charge in [-0.15, -0.1) is 11.3 Å². The molecular weight excluding hydrogens is 356 g/mol. The SMILES string of the molecule is CCNC(=NCc1ccnc(-n2cccn2)c1)NC(C)Cc1ccc(C)s1. The van der Waals surface area contributed by atoms with Crippen LogP contribution in [0.4, 0.5) is 0 Å². The van der Waals surface area contributed by atoms with Crippen LogP contribution >= 0.6 is 11.3 Å². The number of aliphatic imine (C=N–C) groups is 1. The molecule has 0 aromatic carbocycles. The molecule has 0 aliphatic carbocycles. The van der Waals surface area contributed by atoms with Gasteiger partial charge in [0.05, 0.1) is 6.54 Å². The Hall–Kier alpha value is -2.67. The summed E-state index contributed by atoms with van der Waals surface area (Å²) in [5.41, 5.74) is 1.09. The van der Waals surface area contributed by atoms with Gasteiger partial charge in [0.1, 0.15) is 0 Å². The normalized spacial score (nSPS) is 12.8. The smallest absolute Gasteiger partial charge is 0.191 e. The zero-order chi connectivity index (χ0) is 19.1. The summed E-state index contributed by atoms with van der Waals surface area (Å²) in [6.45, 7) is 7.81. The number of aryl methyl sites for hydroxylation is 1. The summed E-state index contributed by atoms with van der Waals surface area (Å²) in [5.74, 6) is 1.63. The first-order valence-corrected chi connectivity index (χ1v) is 10.0. The molecule has 0 saturated carbocycles. The molecule has 7 heteroatoms. The van der Waals surface area contributed by atoms with Crippen LogP contribution in [0.25, 0.3) is 5.82 Å². The molecule has 3 heterocycles. The average Bonchev–Trinajstić information content (AvgIpc) is 3.32. The highest BCUT2D eigenvalue weighted by Gasteiger charge is 2.08. The molecular formula is C20H26N6S. The number of thiophene rings is 1. The van der Waals surface area contributed by atoms with Crippen LogP contribution in [-0.2, 0) is 13.0 Å². The molecule has 142 valence electrons. The minimum atomic E-state index is 0.304. The van der Waals surface area contributed by atoms with Gasteiger partial charge in [-0.2, -0.15) is 5.10 Å². The predicted octanol–water partition coefficient (Wildman–Crippen LogP) is 3.32. The van der Waals surface area contributed by atoms with Gasteiger partial charge in [0.25, 0.3) is 0 Å². The summed E-state index contributed by atoms with van der Waals surface area (Å²) in [6, 6.07) is 10.6. The van der Waals surface area contributed by atoms with Gasteiger partial charge in [-0.05, 0) is 56.7 Å². The molecule has 1 atom stereocenters. The van der Waals surface area contributed by atoms with E-state index in [9.17, 15) is 0 Å². The third-order valence-electron chi connectivity index (χ3n) is 4.00. The fourth-order valence-electron chi connectivity index (χ4n) is 2.76. The number of guanidine groups is 1. The highest BCUT2D eigenvalue weighted by molar-refractivity contribution is 7.11. The van der Waals surface area contributed by atoms with Crippen LogP contribution < -0.4 is 10.6 Å². The molecule has 0 amide bonds. The Morgan fingerprint density at radius 1 is 1.30 bits per heavy atom. The van der Waals surface area contributed by atoms with Crippen molar-refractivity contribution in [3.63, 3.8) is 0 Å². The Morgan fingerprint density at radius 2 is 2.19 bits per heavy atom. The lowest BCUT2D eigenvalue weighted by atomic mass is 10.2. The lowest BCUT2D eigenvalue weighted by Gasteiger charge is -2.17. The first-order valence-electron chi connectivity index (χ1n) is 9.19. The largest absolute Gasteiger partial charge is 0.357 e. The highest BCUT2D eigenvalue weighted by atomic mass is 32.1. The molecule has 3 aromatic heterocycles. The second kappa shape index (κ2) is 9.32. The van der Waals surface area contributed by atoms with Gasteiger partial charge >= 0.3 is 0 Å². The predicted molar refractivity (Wildman–Crippen MR) is 112 cm³/mol. The molecule has 0 spiro atoms. The second-order valence-corrected chi connectivity index (χ2v) is 7.80. The summed E-state index contributed by atoms with van der Waals surface area (Å²) < 4.78 is 1.75. The Bertz CT molecular complexity index is 868. The minimum absolute atomic E-state index is 0.304. The van der Waals surface area contributed by atoms with Crippen LogP contribution in [0.3, 0.4) is 0 Å². The van der Waals surface area contributed by atoms with E-state index in [1.54, 1.807) is 17.1 Å². The zero-order valence-electron chi connectivity index (χ0n) is 16.0. The molecule has 0 bridgehead atoms. The van der Waals surface area contributed by atoms with E-state index in [1.165, 1.54) is 9.75 Å². The van der Waals surface area contributed by atoms with E-state index in [0.717, 1.165) is 30.3 Å². The summed E-state index contributed by atoms with van der Waals surface area (Å²) in [5, 5.41) is 11.1. The van der Waals surface area contributed by atoms with E-state index in [2.05, 4.69) is 53.6 Å². The van der Waals surface area contributed by atoms with E-state index in [1.807, 2.05) is 35.7 Å². The molecule has 27 heavy (non-hydrogen) atoms. The van der Waals surface area contributed by atoms with Gasteiger partial charge in [0.15, 0.2) is 11.8 Å². The van der Waals surface area contributed by atoms with Crippen LogP contribution in [0.2, 0.25) is 0 Å². The Morgan fingerprint density at radius 3 is 2.89 bits per heavy atom. The van der Waals surface area contributed by atoms with Crippen molar-refractivity contribution in [3.8, 4) is 5.82 Å². The van der Waals surface area contributed by atoms with Crippen molar-refractivity contribution in [3.05, 3.63) is 64.2 Å². The second-order valence-electron chi connectivity index (χ2n) is 6.43. The van der Waals surface area contributed by atoms with Gasteiger partial charge in [0.2, 0.25) is 0 Å². The van der Waals surface area contributed by atoms with Gasteiger partial charge in [-0.3, -0.25) is 0 Å². The molecule has 0 aliphatic rings. The fourth-order valence-corrected chi connectivity index (χ4v) is 3.78. The van der Waals surface area contributed by atoms with Crippen LogP contribution in [-0.4, -0.2) is 33.3 Å². The number of nitrogens with zero attached hydrogens (tertiary/aromatic N) is 4. The number of hydrogen-bond acceptors (Lipinski definition) is 4. The first kappa shape index (κ1) is 19.1. The van der Waals surface area contributed by atoms with E-state index in [-0.39, 0.29) is 0 Å². The molecule has 0 radical (unpaired) electrons. The molecule has 2 N–H and O–H groups in total. The fraction of sp³-hybridized carbons (Fsp3) is 0.350. The van der Waals surface area contributed by atoms with E-state index in [0.29, 0.717) is 12.6 Å². The number of rotatable bonds is 7. The van der Waals surface area contributed by atoms with Crippen molar-refractivity contribution in [2.45, 2.75) is 39.8 Å². The molecule has 0 fully saturated rings. The Labute approximate surface area is 164 Å². The van der Waals surface area contributed by atoms with Crippen molar-refractivity contribution < 1.29 is 0 Å². The van der Waals surface area contributed by atoms with Crippen molar-refractivity contribution in [1.82, 2.24) is 25.4 Å². The van der Waals surface area contributed by atoms with Crippen LogP contribution in [0, 0.1) is 6.92 Å². The lowest BCUT2D eigenvalue weighted by molar-refractivity contribution is 0.645. The maximum atomic E-state index is 4.73. The molecule has 0 aliphatic heterocycles. The van der Waals surface area contributed by atoms with Gasteiger partial charge in [0, 0.05) is 47.4 Å². The van der Waals surface area contributed by atoms with Gasteiger partial charge < -0.3 is 10.6 Å². The van der Waals surface area contributed by atoms with Crippen LogP contribution in [0.5, 0.6) is 0 Å². The third kappa shape index (κ3) is 5.65. The van der Waals surface area contributed by atoms with Gasteiger partial charge in [-0.1, -0.05) is 0 Å².